The Kier molecular flexibility index (Phi) is 4.77. The highest BCUT2D eigenvalue weighted by molar-refractivity contribution is 6.04. The van der Waals surface area contributed by atoms with Crippen LogP contribution in [0.4, 0.5) is 17.6 Å². The molecule has 1 aromatic heterocycles. The summed E-state index contributed by atoms with van der Waals surface area (Å²) in [6, 6.07) is 7.79. The molecule has 29 heavy (non-hydrogen) atoms. The zero-order valence-corrected chi connectivity index (χ0v) is 15.3. The minimum Gasteiger partial charge on any atom is -0.366 e. The number of halogens is 4. The lowest BCUT2D eigenvalue weighted by Crippen LogP contribution is -2.40. The van der Waals surface area contributed by atoms with Gasteiger partial charge < -0.3 is 10.7 Å². The Morgan fingerprint density at radius 3 is 2.62 bits per heavy atom. The highest BCUT2D eigenvalue weighted by atomic mass is 19.4. The third-order valence-electron chi connectivity index (χ3n) is 5.17. The van der Waals surface area contributed by atoms with Crippen LogP contribution in [-0.2, 0) is 6.54 Å². The Morgan fingerprint density at radius 2 is 1.97 bits per heavy atom. The SMILES string of the molecule is NC(=O)c1cc(F)cc2[nH]c(-c3ccc(CN4CCCC4C(F)(F)F)cc3)nc12. The second-order valence-electron chi connectivity index (χ2n) is 7.17. The van der Waals surface area contributed by atoms with Crippen LogP contribution in [-0.4, -0.2) is 39.5 Å². The number of benzene rings is 2. The molecule has 3 aromatic rings. The molecule has 4 rings (SSSR count). The zero-order valence-electron chi connectivity index (χ0n) is 15.3. The number of likely N-dealkylation sites (tertiary alicyclic amines) is 1. The number of nitrogens with one attached hydrogen (secondary N) is 1. The van der Waals surface area contributed by atoms with Crippen molar-refractivity contribution in [3.05, 3.63) is 53.3 Å². The van der Waals surface area contributed by atoms with Crippen molar-refractivity contribution in [2.24, 2.45) is 5.73 Å². The fraction of sp³-hybridized carbons (Fsp3) is 0.300. The van der Waals surface area contributed by atoms with Gasteiger partial charge in [-0.15, -0.1) is 0 Å². The number of amides is 1. The van der Waals surface area contributed by atoms with E-state index in [0.717, 1.165) is 11.6 Å². The van der Waals surface area contributed by atoms with Crippen molar-refractivity contribution < 1.29 is 22.4 Å². The van der Waals surface area contributed by atoms with Crippen molar-refractivity contribution in [1.29, 1.82) is 0 Å². The van der Waals surface area contributed by atoms with Crippen LogP contribution in [0.15, 0.2) is 36.4 Å². The molecule has 1 amide bonds. The highest BCUT2D eigenvalue weighted by Crippen LogP contribution is 2.33. The first-order valence-corrected chi connectivity index (χ1v) is 9.11. The largest absolute Gasteiger partial charge is 0.404 e. The highest BCUT2D eigenvalue weighted by Gasteiger charge is 2.45. The lowest BCUT2D eigenvalue weighted by molar-refractivity contribution is -0.177. The summed E-state index contributed by atoms with van der Waals surface area (Å²) in [5.74, 6) is -0.983. The molecule has 1 aliphatic heterocycles. The number of H-pyrrole nitrogens is 1. The quantitative estimate of drug-likeness (QED) is 0.644. The number of fused-ring (bicyclic) bond motifs is 1. The average molecular weight is 406 g/mol. The monoisotopic (exact) mass is 406 g/mol. The molecule has 0 spiro atoms. The standard InChI is InChI=1S/C20H18F4N4O/c21-13-8-14(18(25)29)17-15(9-13)26-19(27-17)12-5-3-11(4-6-12)10-28-7-1-2-16(28)20(22,23)24/h3-6,8-9,16H,1-2,7,10H2,(H2,25,29)(H,26,27). The number of primary amides is 1. The molecule has 0 aliphatic carbocycles. The van der Waals surface area contributed by atoms with Crippen molar-refractivity contribution in [2.75, 3.05) is 6.54 Å². The maximum absolute atomic E-state index is 13.7. The summed E-state index contributed by atoms with van der Waals surface area (Å²) in [6.07, 6.45) is -3.57. The number of carbonyl (C=O) groups excluding carboxylic acids is 1. The van der Waals surface area contributed by atoms with Gasteiger partial charge in [-0.3, -0.25) is 9.69 Å². The summed E-state index contributed by atoms with van der Waals surface area (Å²) in [5.41, 5.74) is 7.29. The molecule has 5 nitrogen and oxygen atoms in total. The number of hydrogen-bond donors (Lipinski definition) is 2. The molecule has 1 unspecified atom stereocenters. The predicted molar refractivity (Wildman–Crippen MR) is 99.5 cm³/mol. The van der Waals surface area contributed by atoms with E-state index in [-0.39, 0.29) is 24.0 Å². The van der Waals surface area contributed by atoms with Gasteiger partial charge in [-0.25, -0.2) is 9.37 Å². The third kappa shape index (κ3) is 3.82. The zero-order chi connectivity index (χ0) is 20.8. The molecule has 0 bridgehead atoms. The van der Waals surface area contributed by atoms with Crippen molar-refractivity contribution in [3.63, 3.8) is 0 Å². The number of aromatic amines is 1. The fourth-order valence-electron chi connectivity index (χ4n) is 3.80. The molecule has 0 saturated carbocycles. The number of rotatable bonds is 4. The number of nitrogens with zero attached hydrogens (tertiary/aromatic N) is 2. The van der Waals surface area contributed by atoms with E-state index in [9.17, 15) is 22.4 Å². The topological polar surface area (TPSA) is 75.0 Å². The van der Waals surface area contributed by atoms with E-state index < -0.39 is 23.9 Å². The number of nitrogens with two attached hydrogens (primary N) is 1. The Bertz CT molecular complexity index is 1060. The summed E-state index contributed by atoms with van der Waals surface area (Å²) in [4.78, 5) is 20.3. The van der Waals surface area contributed by atoms with E-state index in [0.29, 0.717) is 29.9 Å². The van der Waals surface area contributed by atoms with E-state index in [2.05, 4.69) is 9.97 Å². The van der Waals surface area contributed by atoms with Crippen LogP contribution in [0, 0.1) is 5.82 Å². The van der Waals surface area contributed by atoms with Gasteiger partial charge in [0.1, 0.15) is 23.2 Å². The van der Waals surface area contributed by atoms with Crippen molar-refractivity contribution in [3.8, 4) is 11.4 Å². The minimum absolute atomic E-state index is 0.0219. The smallest absolute Gasteiger partial charge is 0.366 e. The summed E-state index contributed by atoms with van der Waals surface area (Å²) >= 11 is 0. The number of imidazole rings is 1. The van der Waals surface area contributed by atoms with Gasteiger partial charge in [0.2, 0.25) is 0 Å². The Balaban J connectivity index is 1.58. The van der Waals surface area contributed by atoms with E-state index >= 15 is 0 Å². The van der Waals surface area contributed by atoms with Gasteiger partial charge in [-0.05, 0) is 37.1 Å². The lowest BCUT2D eigenvalue weighted by Gasteiger charge is -2.26. The van der Waals surface area contributed by atoms with E-state index in [1.165, 1.54) is 11.0 Å². The molecule has 1 atom stereocenters. The maximum Gasteiger partial charge on any atom is 0.404 e. The summed E-state index contributed by atoms with van der Waals surface area (Å²) < 4.78 is 53.0. The first kappa shape index (κ1) is 19.4. The molecule has 2 aromatic carbocycles. The molecule has 0 radical (unpaired) electrons. The second-order valence-corrected chi connectivity index (χ2v) is 7.17. The predicted octanol–water partition coefficient (Wildman–Crippen LogP) is 3.99. The van der Waals surface area contributed by atoms with Gasteiger partial charge in [0.15, 0.2) is 0 Å². The van der Waals surface area contributed by atoms with E-state index in [4.69, 9.17) is 5.73 Å². The van der Waals surface area contributed by atoms with Crippen LogP contribution in [0.5, 0.6) is 0 Å². The number of alkyl halides is 3. The number of carbonyl (C=O) groups is 1. The normalized spacial score (nSPS) is 17.9. The van der Waals surface area contributed by atoms with Crippen LogP contribution in [0.3, 0.4) is 0 Å². The summed E-state index contributed by atoms with van der Waals surface area (Å²) in [7, 11) is 0. The van der Waals surface area contributed by atoms with Gasteiger partial charge >= 0.3 is 6.18 Å². The summed E-state index contributed by atoms with van der Waals surface area (Å²) in [5, 5.41) is 0. The third-order valence-corrected chi connectivity index (χ3v) is 5.17. The number of hydrogen-bond acceptors (Lipinski definition) is 3. The van der Waals surface area contributed by atoms with E-state index in [1.807, 2.05) is 0 Å². The maximum atomic E-state index is 13.7. The first-order chi connectivity index (χ1) is 13.7. The van der Waals surface area contributed by atoms with Crippen LogP contribution in [0.2, 0.25) is 0 Å². The molecule has 2 heterocycles. The molecule has 1 aliphatic rings. The molecular weight excluding hydrogens is 388 g/mol. The second kappa shape index (κ2) is 7.14. The van der Waals surface area contributed by atoms with Gasteiger partial charge in [0, 0.05) is 12.1 Å². The van der Waals surface area contributed by atoms with Gasteiger partial charge in [-0.2, -0.15) is 13.2 Å². The van der Waals surface area contributed by atoms with Crippen molar-refractivity contribution in [1.82, 2.24) is 14.9 Å². The van der Waals surface area contributed by atoms with Crippen LogP contribution < -0.4 is 5.73 Å². The van der Waals surface area contributed by atoms with Gasteiger partial charge in [0.25, 0.3) is 5.91 Å². The van der Waals surface area contributed by atoms with E-state index in [1.54, 1.807) is 24.3 Å². The van der Waals surface area contributed by atoms with Crippen LogP contribution in [0.25, 0.3) is 22.4 Å². The molecule has 1 fully saturated rings. The Labute approximate surface area is 163 Å². The van der Waals surface area contributed by atoms with Gasteiger partial charge in [0.05, 0.1) is 11.1 Å². The average Bonchev–Trinajstić information content (AvgIpc) is 3.28. The molecule has 9 heteroatoms. The van der Waals surface area contributed by atoms with Crippen molar-refractivity contribution in [2.45, 2.75) is 31.6 Å². The van der Waals surface area contributed by atoms with Gasteiger partial charge in [-0.1, -0.05) is 24.3 Å². The lowest BCUT2D eigenvalue weighted by atomic mass is 10.1. The molecule has 152 valence electrons. The molecular formula is C20H18F4N4O. The summed E-state index contributed by atoms with van der Waals surface area (Å²) in [6.45, 7) is 0.624. The fourth-order valence-corrected chi connectivity index (χ4v) is 3.80. The first-order valence-electron chi connectivity index (χ1n) is 9.11. The minimum atomic E-state index is -4.22. The Morgan fingerprint density at radius 1 is 1.24 bits per heavy atom. The van der Waals surface area contributed by atoms with Crippen LogP contribution >= 0.6 is 0 Å². The number of aromatic nitrogens is 2. The van der Waals surface area contributed by atoms with Crippen LogP contribution in [0.1, 0.15) is 28.8 Å². The Hall–Kier alpha value is -2.94. The molecule has 3 N–H and O–H groups in total. The van der Waals surface area contributed by atoms with Crippen molar-refractivity contribution >= 4 is 16.9 Å². The molecule has 1 saturated heterocycles.